The van der Waals surface area contributed by atoms with Gasteiger partial charge >= 0.3 is 0 Å². The normalized spacial score (nSPS) is 23.9. The molecular formula is C12H24N2O2S. The molecule has 5 heteroatoms. The molecule has 1 heterocycles. The lowest BCUT2D eigenvalue weighted by Crippen LogP contribution is -2.42. The number of carbonyl (C=O) groups excluding carboxylic acids is 1. The predicted molar refractivity (Wildman–Crippen MR) is 72.2 cm³/mol. The van der Waals surface area contributed by atoms with E-state index in [9.17, 15) is 4.79 Å². The molecule has 1 unspecified atom stereocenters. The first-order chi connectivity index (χ1) is 8.25. The number of hydrogen-bond donors (Lipinski definition) is 3. The molecular weight excluding hydrogens is 236 g/mol. The van der Waals surface area contributed by atoms with Gasteiger partial charge in [0.15, 0.2) is 0 Å². The fourth-order valence-corrected chi connectivity index (χ4v) is 2.88. The highest BCUT2D eigenvalue weighted by Gasteiger charge is 2.38. The third-order valence-corrected chi connectivity index (χ3v) is 4.45. The zero-order chi connectivity index (χ0) is 12.6. The summed E-state index contributed by atoms with van der Waals surface area (Å²) >= 11 is 1.78. The molecule has 0 aliphatic carbocycles. The van der Waals surface area contributed by atoms with Crippen molar-refractivity contribution in [3.63, 3.8) is 0 Å². The van der Waals surface area contributed by atoms with Crippen LogP contribution >= 0.6 is 11.8 Å². The van der Waals surface area contributed by atoms with Crippen molar-refractivity contribution in [3.05, 3.63) is 0 Å². The van der Waals surface area contributed by atoms with E-state index in [1.165, 1.54) is 0 Å². The zero-order valence-corrected chi connectivity index (χ0v) is 11.4. The largest absolute Gasteiger partial charge is 0.396 e. The summed E-state index contributed by atoms with van der Waals surface area (Å²) in [5.74, 6) is 2.10. The third kappa shape index (κ3) is 4.48. The summed E-state index contributed by atoms with van der Waals surface area (Å²) in [6.45, 7) is 4.84. The quantitative estimate of drug-likeness (QED) is 0.560. The van der Waals surface area contributed by atoms with Crippen LogP contribution in [0, 0.1) is 5.41 Å². The Bertz CT molecular complexity index is 231. The number of nitrogens with one attached hydrogen (secondary N) is 2. The molecule has 0 saturated carbocycles. The van der Waals surface area contributed by atoms with Gasteiger partial charge in [-0.3, -0.25) is 4.79 Å². The van der Waals surface area contributed by atoms with Gasteiger partial charge in [0.1, 0.15) is 0 Å². The minimum Gasteiger partial charge on any atom is -0.396 e. The Labute approximate surface area is 108 Å². The highest BCUT2D eigenvalue weighted by atomic mass is 32.2. The first-order valence-corrected chi connectivity index (χ1v) is 7.58. The lowest BCUT2D eigenvalue weighted by molar-refractivity contribution is -0.130. The highest BCUT2D eigenvalue weighted by molar-refractivity contribution is 7.99. The van der Waals surface area contributed by atoms with Gasteiger partial charge in [-0.1, -0.05) is 6.92 Å². The highest BCUT2D eigenvalue weighted by Crippen LogP contribution is 2.29. The second kappa shape index (κ2) is 7.95. The summed E-state index contributed by atoms with van der Waals surface area (Å²) in [7, 11) is 0. The maximum absolute atomic E-state index is 12.1. The number of aliphatic hydroxyl groups is 1. The number of hydrogen-bond acceptors (Lipinski definition) is 4. The molecule has 0 aromatic carbocycles. The van der Waals surface area contributed by atoms with Crippen LogP contribution in [0.15, 0.2) is 0 Å². The molecule has 1 atom stereocenters. The minimum absolute atomic E-state index is 0.171. The van der Waals surface area contributed by atoms with E-state index in [1.54, 1.807) is 11.8 Å². The van der Waals surface area contributed by atoms with Crippen LogP contribution in [-0.2, 0) is 4.79 Å². The molecule has 1 amide bonds. The Morgan fingerprint density at radius 1 is 1.53 bits per heavy atom. The molecule has 4 nitrogen and oxygen atoms in total. The van der Waals surface area contributed by atoms with Gasteiger partial charge in [-0.15, -0.1) is 0 Å². The molecule has 0 spiro atoms. The Kier molecular flexibility index (Phi) is 6.92. The maximum atomic E-state index is 12.1. The van der Waals surface area contributed by atoms with E-state index in [2.05, 4.69) is 17.6 Å². The predicted octanol–water partition coefficient (Wildman–Crippen LogP) is 0.608. The number of carbonyl (C=O) groups is 1. The summed E-state index contributed by atoms with van der Waals surface area (Å²) < 4.78 is 0. The number of amides is 1. The van der Waals surface area contributed by atoms with Crippen molar-refractivity contribution in [2.75, 3.05) is 37.7 Å². The molecule has 100 valence electrons. The molecule has 0 bridgehead atoms. The first-order valence-electron chi connectivity index (χ1n) is 6.43. The van der Waals surface area contributed by atoms with Crippen LogP contribution in [0.2, 0.25) is 0 Å². The van der Waals surface area contributed by atoms with Crippen LogP contribution in [-0.4, -0.2) is 48.8 Å². The molecule has 1 aliphatic rings. The topological polar surface area (TPSA) is 61.4 Å². The molecule has 1 aliphatic heterocycles. The van der Waals surface area contributed by atoms with Crippen LogP contribution in [0.1, 0.15) is 26.2 Å². The van der Waals surface area contributed by atoms with Gasteiger partial charge in [0.2, 0.25) is 5.91 Å². The second-order valence-electron chi connectivity index (χ2n) is 4.51. The molecule has 0 radical (unpaired) electrons. The van der Waals surface area contributed by atoms with Gasteiger partial charge in [0.05, 0.1) is 5.41 Å². The minimum atomic E-state index is -0.171. The van der Waals surface area contributed by atoms with Crippen molar-refractivity contribution in [2.45, 2.75) is 26.2 Å². The lowest BCUT2D eigenvalue weighted by Gasteiger charge is -2.25. The standard InChI is InChI=1S/C12H24N2O2S/c1-2-12(4-5-13-10-12)11(16)14-6-9-17-8-3-7-15/h13,15H,2-10H2,1H3,(H,14,16). The van der Waals surface area contributed by atoms with Crippen LogP contribution in [0.3, 0.4) is 0 Å². The van der Waals surface area contributed by atoms with Crippen LogP contribution in [0.25, 0.3) is 0 Å². The van der Waals surface area contributed by atoms with Crippen molar-refractivity contribution < 1.29 is 9.90 Å². The maximum Gasteiger partial charge on any atom is 0.227 e. The molecule has 1 saturated heterocycles. The van der Waals surface area contributed by atoms with E-state index in [0.717, 1.165) is 50.4 Å². The fraction of sp³-hybridized carbons (Fsp3) is 0.917. The summed E-state index contributed by atoms with van der Waals surface area (Å²) in [6, 6.07) is 0. The Morgan fingerprint density at radius 3 is 2.94 bits per heavy atom. The van der Waals surface area contributed by atoms with Gasteiger partial charge in [-0.2, -0.15) is 11.8 Å². The summed E-state index contributed by atoms with van der Waals surface area (Å²) in [6.07, 6.45) is 2.69. The smallest absolute Gasteiger partial charge is 0.227 e. The fourth-order valence-electron chi connectivity index (χ4n) is 2.09. The molecule has 0 aromatic heterocycles. The average Bonchev–Trinajstić information content (AvgIpc) is 2.83. The average molecular weight is 260 g/mol. The van der Waals surface area contributed by atoms with E-state index >= 15 is 0 Å². The number of aliphatic hydroxyl groups excluding tert-OH is 1. The van der Waals surface area contributed by atoms with Crippen molar-refractivity contribution in [1.82, 2.24) is 10.6 Å². The van der Waals surface area contributed by atoms with Crippen LogP contribution in [0.4, 0.5) is 0 Å². The van der Waals surface area contributed by atoms with Gasteiger partial charge in [0.25, 0.3) is 0 Å². The van der Waals surface area contributed by atoms with Crippen molar-refractivity contribution in [1.29, 1.82) is 0 Å². The van der Waals surface area contributed by atoms with Crippen LogP contribution in [0.5, 0.6) is 0 Å². The SMILES string of the molecule is CCC1(C(=O)NCCSCCCO)CCNC1. The molecule has 3 N–H and O–H groups in total. The van der Waals surface area contributed by atoms with Crippen LogP contribution < -0.4 is 10.6 Å². The summed E-state index contributed by atoms with van der Waals surface area (Å²) in [4.78, 5) is 12.1. The van der Waals surface area contributed by atoms with Gasteiger partial charge in [-0.05, 0) is 31.6 Å². The molecule has 1 fully saturated rings. The zero-order valence-electron chi connectivity index (χ0n) is 10.6. The number of rotatable bonds is 8. The van der Waals surface area contributed by atoms with E-state index < -0.39 is 0 Å². The monoisotopic (exact) mass is 260 g/mol. The second-order valence-corrected chi connectivity index (χ2v) is 5.73. The Balaban J connectivity index is 2.15. The van der Waals surface area contributed by atoms with E-state index in [4.69, 9.17) is 5.11 Å². The summed E-state index contributed by atoms with van der Waals surface area (Å²) in [5.41, 5.74) is -0.171. The molecule has 1 rings (SSSR count). The van der Waals surface area contributed by atoms with Gasteiger partial charge < -0.3 is 15.7 Å². The Morgan fingerprint density at radius 2 is 2.35 bits per heavy atom. The third-order valence-electron chi connectivity index (χ3n) is 3.38. The summed E-state index contributed by atoms with van der Waals surface area (Å²) in [5, 5.41) is 14.9. The number of thioether (sulfide) groups is 1. The molecule has 0 aromatic rings. The van der Waals surface area contributed by atoms with Crippen molar-refractivity contribution in [3.8, 4) is 0 Å². The molecule has 17 heavy (non-hydrogen) atoms. The van der Waals surface area contributed by atoms with E-state index in [0.29, 0.717) is 0 Å². The van der Waals surface area contributed by atoms with E-state index in [-0.39, 0.29) is 17.9 Å². The van der Waals surface area contributed by atoms with Crippen molar-refractivity contribution in [2.24, 2.45) is 5.41 Å². The van der Waals surface area contributed by atoms with Gasteiger partial charge in [-0.25, -0.2) is 0 Å². The van der Waals surface area contributed by atoms with Crippen molar-refractivity contribution >= 4 is 17.7 Å². The Hall–Kier alpha value is -0.260. The van der Waals surface area contributed by atoms with E-state index in [1.807, 2.05) is 0 Å². The first kappa shape index (κ1) is 14.8. The van der Waals surface area contributed by atoms with Gasteiger partial charge in [0, 0.05) is 25.4 Å². The lowest BCUT2D eigenvalue weighted by atomic mass is 9.83.